The number of hydrogen-bond acceptors (Lipinski definition) is 7. The predicted octanol–water partition coefficient (Wildman–Crippen LogP) is -0.560. The number of ketones is 1. The van der Waals surface area contributed by atoms with Crippen LogP contribution < -0.4 is 22.1 Å². The number of amides is 2. The van der Waals surface area contributed by atoms with Crippen molar-refractivity contribution in [1.29, 1.82) is 0 Å². The average molecular weight is 391 g/mol. The summed E-state index contributed by atoms with van der Waals surface area (Å²) in [5, 5.41) is 17.1. The van der Waals surface area contributed by atoms with Crippen LogP contribution in [0.25, 0.3) is 0 Å². The molecule has 10 nitrogen and oxygen atoms in total. The van der Waals surface area contributed by atoms with Gasteiger partial charge in [0.05, 0.1) is 6.10 Å². The third kappa shape index (κ3) is 4.65. The second-order valence-electron chi connectivity index (χ2n) is 6.41. The number of hydrogen-bond donors (Lipinski definition) is 5. The molecule has 1 atom stereocenters. The van der Waals surface area contributed by atoms with Crippen LogP contribution >= 0.6 is 0 Å². The van der Waals surface area contributed by atoms with Crippen LogP contribution in [0.1, 0.15) is 42.1 Å². The molecule has 1 aromatic rings. The first kappa shape index (κ1) is 21.3. The fourth-order valence-corrected chi connectivity index (χ4v) is 2.92. The first-order valence-corrected chi connectivity index (χ1v) is 8.96. The SMILES string of the molecule is CCC(=O)C(NC(=O)c1ccc(/C(N)=N\O)cc1)(OC1CCNCC1)C(N)=O. The molecule has 0 aromatic heterocycles. The molecule has 1 saturated heterocycles. The summed E-state index contributed by atoms with van der Waals surface area (Å²) in [6, 6.07) is 5.75. The topological polar surface area (TPSA) is 169 Å². The number of carbonyl (C=O) groups is 3. The molecule has 2 rings (SSSR count). The number of Topliss-reactive ketones (excluding diaryl/α,β-unsaturated/α-hetero) is 1. The standard InChI is InChI=1S/C18H25N5O5/c1-2-14(24)18(17(20)26,28-13-7-9-21-10-8-13)22-16(25)12-5-3-11(4-6-12)15(19)23-27/h3-6,13,21,27H,2,7-10H2,1H3,(H2,19,23)(H2,20,26)(H,22,25). The van der Waals surface area contributed by atoms with E-state index in [0.29, 0.717) is 31.5 Å². The minimum atomic E-state index is -2.24. The van der Waals surface area contributed by atoms with Gasteiger partial charge in [-0.3, -0.25) is 14.4 Å². The third-order valence-corrected chi connectivity index (χ3v) is 4.53. The number of rotatable bonds is 8. The number of nitrogens with two attached hydrogens (primary N) is 2. The Bertz CT molecular complexity index is 758. The van der Waals surface area contributed by atoms with E-state index in [9.17, 15) is 14.4 Å². The number of benzene rings is 1. The number of primary amides is 1. The highest BCUT2D eigenvalue weighted by Crippen LogP contribution is 2.20. The molecule has 1 heterocycles. The van der Waals surface area contributed by atoms with Gasteiger partial charge in [0.15, 0.2) is 11.6 Å². The van der Waals surface area contributed by atoms with Crippen molar-refractivity contribution in [3.05, 3.63) is 35.4 Å². The zero-order valence-corrected chi connectivity index (χ0v) is 15.6. The molecule has 0 bridgehead atoms. The molecule has 10 heteroatoms. The Labute approximate surface area is 162 Å². The van der Waals surface area contributed by atoms with E-state index in [0.717, 1.165) is 0 Å². The van der Waals surface area contributed by atoms with E-state index in [4.69, 9.17) is 21.4 Å². The van der Waals surface area contributed by atoms with Crippen LogP contribution in [0.3, 0.4) is 0 Å². The highest BCUT2D eigenvalue weighted by Gasteiger charge is 2.48. The molecule has 7 N–H and O–H groups in total. The summed E-state index contributed by atoms with van der Waals surface area (Å²) < 4.78 is 5.80. The Hall–Kier alpha value is -2.98. The van der Waals surface area contributed by atoms with Crippen LogP contribution in [0.4, 0.5) is 0 Å². The Morgan fingerprint density at radius 1 is 1.21 bits per heavy atom. The van der Waals surface area contributed by atoms with E-state index in [2.05, 4.69) is 15.8 Å². The summed E-state index contributed by atoms with van der Waals surface area (Å²) >= 11 is 0. The second-order valence-corrected chi connectivity index (χ2v) is 6.41. The zero-order chi connectivity index (χ0) is 20.7. The molecule has 1 fully saturated rings. The van der Waals surface area contributed by atoms with E-state index in [1.54, 1.807) is 6.92 Å². The lowest BCUT2D eigenvalue weighted by molar-refractivity contribution is -0.171. The van der Waals surface area contributed by atoms with Crippen LogP contribution in [0.5, 0.6) is 0 Å². The number of oxime groups is 1. The Morgan fingerprint density at radius 2 is 1.79 bits per heavy atom. The van der Waals surface area contributed by atoms with Gasteiger partial charge in [-0.1, -0.05) is 24.2 Å². The number of ether oxygens (including phenoxy) is 1. The number of nitrogens with zero attached hydrogens (tertiary/aromatic N) is 1. The Balaban J connectivity index is 2.28. The maximum Gasteiger partial charge on any atom is 0.282 e. The van der Waals surface area contributed by atoms with E-state index < -0.39 is 29.4 Å². The molecule has 0 aliphatic carbocycles. The fraction of sp³-hybridized carbons (Fsp3) is 0.444. The summed E-state index contributed by atoms with van der Waals surface area (Å²) in [5.74, 6) is -2.52. The maximum atomic E-state index is 12.7. The lowest BCUT2D eigenvalue weighted by atomic mass is 10.0. The predicted molar refractivity (Wildman–Crippen MR) is 101 cm³/mol. The number of piperidine rings is 1. The molecular formula is C18H25N5O5. The van der Waals surface area contributed by atoms with Crippen molar-refractivity contribution in [2.24, 2.45) is 16.6 Å². The van der Waals surface area contributed by atoms with Gasteiger partial charge >= 0.3 is 0 Å². The zero-order valence-electron chi connectivity index (χ0n) is 15.6. The molecule has 2 amide bonds. The summed E-state index contributed by atoms with van der Waals surface area (Å²) in [6.07, 6.45) is 0.719. The minimum Gasteiger partial charge on any atom is -0.409 e. The van der Waals surface area contributed by atoms with Crippen molar-refractivity contribution in [1.82, 2.24) is 10.6 Å². The number of nitrogens with one attached hydrogen (secondary N) is 2. The molecule has 0 spiro atoms. The third-order valence-electron chi connectivity index (χ3n) is 4.53. The normalized spacial score (nSPS) is 17.5. The summed E-state index contributed by atoms with van der Waals surface area (Å²) in [6.45, 7) is 2.90. The first-order chi connectivity index (χ1) is 13.3. The summed E-state index contributed by atoms with van der Waals surface area (Å²) in [7, 11) is 0. The minimum absolute atomic E-state index is 0.0450. The molecule has 152 valence electrons. The van der Waals surface area contributed by atoms with Gasteiger partial charge in [0.25, 0.3) is 17.5 Å². The molecule has 1 aliphatic heterocycles. The van der Waals surface area contributed by atoms with Gasteiger partial charge in [0.2, 0.25) is 0 Å². The Morgan fingerprint density at radius 3 is 2.29 bits per heavy atom. The van der Waals surface area contributed by atoms with Gasteiger partial charge in [-0.25, -0.2) is 0 Å². The first-order valence-electron chi connectivity index (χ1n) is 8.96. The van der Waals surface area contributed by atoms with E-state index in [1.165, 1.54) is 24.3 Å². The maximum absolute atomic E-state index is 12.7. The number of amidine groups is 1. The lowest BCUT2D eigenvalue weighted by Crippen LogP contribution is -2.65. The van der Waals surface area contributed by atoms with Crippen molar-refractivity contribution in [2.45, 2.75) is 38.0 Å². The van der Waals surface area contributed by atoms with Crippen LogP contribution in [0.15, 0.2) is 29.4 Å². The second kappa shape index (κ2) is 9.29. The van der Waals surface area contributed by atoms with Crippen molar-refractivity contribution >= 4 is 23.4 Å². The van der Waals surface area contributed by atoms with E-state index in [1.807, 2.05) is 0 Å². The largest absolute Gasteiger partial charge is 0.409 e. The van der Waals surface area contributed by atoms with Gasteiger partial charge in [-0.2, -0.15) is 0 Å². The molecule has 0 radical (unpaired) electrons. The van der Waals surface area contributed by atoms with Crippen LogP contribution in [-0.2, 0) is 14.3 Å². The van der Waals surface area contributed by atoms with Crippen molar-refractivity contribution in [3.63, 3.8) is 0 Å². The van der Waals surface area contributed by atoms with Crippen LogP contribution in [0, 0.1) is 0 Å². The van der Waals surface area contributed by atoms with Gasteiger partial charge in [0.1, 0.15) is 0 Å². The molecule has 0 saturated carbocycles. The van der Waals surface area contributed by atoms with Crippen LogP contribution in [-0.4, -0.2) is 53.6 Å². The van der Waals surface area contributed by atoms with Gasteiger partial charge < -0.3 is 32.0 Å². The highest BCUT2D eigenvalue weighted by molar-refractivity contribution is 6.12. The van der Waals surface area contributed by atoms with Crippen molar-refractivity contribution in [2.75, 3.05) is 13.1 Å². The van der Waals surface area contributed by atoms with Gasteiger partial charge in [-0.15, -0.1) is 0 Å². The van der Waals surface area contributed by atoms with Crippen molar-refractivity contribution < 1.29 is 24.3 Å². The van der Waals surface area contributed by atoms with E-state index >= 15 is 0 Å². The van der Waals surface area contributed by atoms with Gasteiger partial charge in [0, 0.05) is 17.5 Å². The molecule has 28 heavy (non-hydrogen) atoms. The highest BCUT2D eigenvalue weighted by atomic mass is 16.5. The fourth-order valence-electron chi connectivity index (χ4n) is 2.92. The average Bonchev–Trinajstić information content (AvgIpc) is 2.72. The summed E-state index contributed by atoms with van der Waals surface area (Å²) in [4.78, 5) is 37.5. The van der Waals surface area contributed by atoms with Crippen molar-refractivity contribution in [3.8, 4) is 0 Å². The smallest absolute Gasteiger partial charge is 0.282 e. The quantitative estimate of drug-likeness (QED) is 0.0987. The molecular weight excluding hydrogens is 366 g/mol. The Kier molecular flexibility index (Phi) is 7.07. The van der Waals surface area contributed by atoms with Crippen LogP contribution in [0.2, 0.25) is 0 Å². The van der Waals surface area contributed by atoms with Gasteiger partial charge in [-0.05, 0) is 38.1 Å². The summed E-state index contributed by atoms with van der Waals surface area (Å²) in [5.41, 5.74) is 9.30. The monoisotopic (exact) mass is 391 g/mol. The molecule has 1 aromatic carbocycles. The number of carbonyl (C=O) groups excluding carboxylic acids is 3. The van der Waals surface area contributed by atoms with E-state index in [-0.39, 0.29) is 17.8 Å². The molecule has 1 aliphatic rings. The lowest BCUT2D eigenvalue weighted by Gasteiger charge is -2.35. The molecule has 1 unspecified atom stereocenters.